The first-order valence-corrected chi connectivity index (χ1v) is 9.09. The fraction of sp³-hybridized carbons (Fsp3) is 0.579. The number of amides is 3. The van der Waals surface area contributed by atoms with E-state index in [0.29, 0.717) is 31.5 Å². The van der Waals surface area contributed by atoms with E-state index in [1.807, 2.05) is 18.2 Å². The average molecular weight is 329 g/mol. The van der Waals surface area contributed by atoms with Gasteiger partial charge in [-0.05, 0) is 24.5 Å². The Balaban J connectivity index is 1.44. The first kappa shape index (κ1) is 16.8. The van der Waals surface area contributed by atoms with Crippen LogP contribution >= 0.6 is 0 Å². The molecule has 1 fully saturated rings. The van der Waals surface area contributed by atoms with Crippen LogP contribution in [0.4, 0.5) is 10.5 Å². The highest BCUT2D eigenvalue weighted by atomic mass is 16.2. The van der Waals surface area contributed by atoms with Crippen molar-refractivity contribution in [3.8, 4) is 0 Å². The highest BCUT2D eigenvalue weighted by molar-refractivity contribution is 5.94. The molecule has 0 radical (unpaired) electrons. The van der Waals surface area contributed by atoms with Crippen molar-refractivity contribution in [3.63, 3.8) is 0 Å². The Bertz CT molecular complexity index is 596. The van der Waals surface area contributed by atoms with Gasteiger partial charge in [0.25, 0.3) is 0 Å². The maximum absolute atomic E-state index is 12.4. The Morgan fingerprint density at radius 1 is 1.17 bits per heavy atom. The number of para-hydroxylation sites is 1. The van der Waals surface area contributed by atoms with E-state index >= 15 is 0 Å². The number of carbonyl (C=O) groups excluding carboxylic acids is 2. The van der Waals surface area contributed by atoms with Crippen LogP contribution in [0.3, 0.4) is 0 Å². The molecule has 1 aromatic carbocycles. The van der Waals surface area contributed by atoms with Crippen molar-refractivity contribution >= 4 is 17.6 Å². The zero-order chi connectivity index (χ0) is 16.9. The summed E-state index contributed by atoms with van der Waals surface area (Å²) in [5.74, 6) is 0.388. The number of carbonyl (C=O) groups is 2. The molecule has 0 bridgehead atoms. The smallest absolute Gasteiger partial charge is 0.321 e. The topological polar surface area (TPSA) is 61.4 Å². The molecule has 5 nitrogen and oxygen atoms in total. The lowest BCUT2D eigenvalue weighted by Gasteiger charge is -2.23. The zero-order valence-corrected chi connectivity index (χ0v) is 14.4. The predicted molar refractivity (Wildman–Crippen MR) is 95.2 cm³/mol. The molecular formula is C19H27N3O2. The number of anilines is 1. The SMILES string of the molecule is CC1CN(C(=O)NCCC(=O)NC2CCCCC2)c2ccccc21. The summed E-state index contributed by atoms with van der Waals surface area (Å²) in [5.41, 5.74) is 2.19. The molecule has 1 atom stereocenters. The van der Waals surface area contributed by atoms with Crippen molar-refractivity contribution in [2.24, 2.45) is 0 Å². The monoisotopic (exact) mass is 329 g/mol. The van der Waals surface area contributed by atoms with Crippen LogP contribution in [0, 0.1) is 0 Å². The minimum atomic E-state index is -0.114. The van der Waals surface area contributed by atoms with Crippen molar-refractivity contribution in [2.75, 3.05) is 18.0 Å². The Kier molecular flexibility index (Phi) is 5.38. The third-order valence-corrected chi connectivity index (χ3v) is 5.06. The van der Waals surface area contributed by atoms with E-state index in [4.69, 9.17) is 0 Å². The van der Waals surface area contributed by atoms with Gasteiger partial charge in [0.2, 0.25) is 5.91 Å². The number of rotatable bonds is 4. The molecule has 0 spiro atoms. The molecule has 1 aliphatic carbocycles. The van der Waals surface area contributed by atoms with Gasteiger partial charge in [-0.25, -0.2) is 4.79 Å². The third kappa shape index (κ3) is 3.89. The van der Waals surface area contributed by atoms with Crippen molar-refractivity contribution in [3.05, 3.63) is 29.8 Å². The molecule has 130 valence electrons. The predicted octanol–water partition coefficient (Wildman–Crippen LogP) is 3.16. The molecule has 5 heteroatoms. The fourth-order valence-electron chi connectivity index (χ4n) is 3.74. The van der Waals surface area contributed by atoms with Crippen LogP contribution in [0.15, 0.2) is 24.3 Å². The third-order valence-electron chi connectivity index (χ3n) is 5.06. The number of urea groups is 1. The number of benzene rings is 1. The maximum atomic E-state index is 12.4. The number of nitrogens with one attached hydrogen (secondary N) is 2. The summed E-state index contributed by atoms with van der Waals surface area (Å²) in [4.78, 5) is 26.2. The van der Waals surface area contributed by atoms with Gasteiger partial charge in [0.15, 0.2) is 0 Å². The minimum absolute atomic E-state index is 0.0393. The summed E-state index contributed by atoms with van der Waals surface area (Å²) >= 11 is 0. The Hall–Kier alpha value is -2.04. The van der Waals surface area contributed by atoms with Gasteiger partial charge in [0, 0.05) is 37.2 Å². The summed E-state index contributed by atoms with van der Waals surface area (Å²) in [6, 6.07) is 8.23. The van der Waals surface area contributed by atoms with Gasteiger partial charge in [-0.3, -0.25) is 9.69 Å². The maximum Gasteiger partial charge on any atom is 0.321 e. The van der Waals surface area contributed by atoms with Crippen LogP contribution in [0.1, 0.15) is 56.9 Å². The van der Waals surface area contributed by atoms with E-state index in [2.05, 4.69) is 23.6 Å². The molecule has 1 aliphatic heterocycles. The van der Waals surface area contributed by atoms with Crippen molar-refractivity contribution in [1.29, 1.82) is 0 Å². The number of hydrogen-bond acceptors (Lipinski definition) is 2. The number of nitrogens with zero attached hydrogens (tertiary/aromatic N) is 1. The molecule has 1 saturated carbocycles. The van der Waals surface area contributed by atoms with Crippen molar-refractivity contribution in [2.45, 2.75) is 57.4 Å². The molecule has 1 unspecified atom stereocenters. The molecule has 1 heterocycles. The molecule has 3 amide bonds. The molecule has 2 N–H and O–H groups in total. The standard InChI is InChI=1S/C19H27N3O2/c1-14-13-22(17-10-6-5-9-16(14)17)19(24)20-12-11-18(23)21-15-7-3-2-4-8-15/h5-6,9-10,14-15H,2-4,7-8,11-13H2,1H3,(H,20,24)(H,21,23). The Morgan fingerprint density at radius 3 is 2.71 bits per heavy atom. The molecule has 0 aromatic heterocycles. The lowest BCUT2D eigenvalue weighted by Crippen LogP contribution is -2.42. The van der Waals surface area contributed by atoms with Crippen LogP contribution in [0.2, 0.25) is 0 Å². The quantitative estimate of drug-likeness (QED) is 0.891. The molecule has 2 aliphatic rings. The van der Waals surface area contributed by atoms with Crippen LogP contribution in [-0.4, -0.2) is 31.1 Å². The van der Waals surface area contributed by atoms with Crippen LogP contribution in [0.25, 0.3) is 0 Å². The molecule has 3 rings (SSSR count). The Labute approximate surface area is 143 Å². The van der Waals surface area contributed by atoms with E-state index in [-0.39, 0.29) is 11.9 Å². The molecule has 1 aromatic rings. The molecule has 0 saturated heterocycles. The van der Waals surface area contributed by atoms with E-state index in [9.17, 15) is 9.59 Å². The number of hydrogen-bond donors (Lipinski definition) is 2. The van der Waals surface area contributed by atoms with E-state index in [1.54, 1.807) is 4.90 Å². The van der Waals surface area contributed by atoms with Gasteiger partial charge in [0.1, 0.15) is 0 Å². The van der Waals surface area contributed by atoms with Gasteiger partial charge in [-0.15, -0.1) is 0 Å². The lowest BCUT2D eigenvalue weighted by molar-refractivity contribution is -0.121. The van der Waals surface area contributed by atoms with Gasteiger partial charge < -0.3 is 10.6 Å². The summed E-state index contributed by atoms with van der Waals surface area (Å²) in [6.07, 6.45) is 6.19. The van der Waals surface area contributed by atoms with Crippen LogP contribution in [-0.2, 0) is 4.79 Å². The summed E-state index contributed by atoms with van der Waals surface area (Å²) < 4.78 is 0. The van der Waals surface area contributed by atoms with Gasteiger partial charge in [-0.1, -0.05) is 44.4 Å². The highest BCUT2D eigenvalue weighted by Crippen LogP contribution is 2.35. The van der Waals surface area contributed by atoms with E-state index in [1.165, 1.54) is 24.8 Å². The van der Waals surface area contributed by atoms with Crippen LogP contribution in [0.5, 0.6) is 0 Å². The second-order valence-electron chi connectivity index (χ2n) is 6.95. The van der Waals surface area contributed by atoms with Gasteiger partial charge in [-0.2, -0.15) is 0 Å². The Morgan fingerprint density at radius 2 is 1.92 bits per heavy atom. The van der Waals surface area contributed by atoms with Gasteiger partial charge in [0.05, 0.1) is 0 Å². The van der Waals surface area contributed by atoms with Gasteiger partial charge >= 0.3 is 6.03 Å². The average Bonchev–Trinajstić information content (AvgIpc) is 2.93. The first-order chi connectivity index (χ1) is 11.6. The molecule has 24 heavy (non-hydrogen) atoms. The fourth-order valence-corrected chi connectivity index (χ4v) is 3.74. The molecular weight excluding hydrogens is 302 g/mol. The largest absolute Gasteiger partial charge is 0.353 e. The minimum Gasteiger partial charge on any atom is -0.353 e. The zero-order valence-electron chi connectivity index (χ0n) is 14.4. The van der Waals surface area contributed by atoms with Crippen molar-refractivity contribution < 1.29 is 9.59 Å². The normalized spacial score (nSPS) is 20.5. The summed E-state index contributed by atoms with van der Waals surface area (Å²) in [5, 5.41) is 5.96. The van der Waals surface area contributed by atoms with E-state index < -0.39 is 0 Å². The lowest BCUT2D eigenvalue weighted by atomic mass is 9.95. The second kappa shape index (κ2) is 7.69. The summed E-state index contributed by atoms with van der Waals surface area (Å²) in [7, 11) is 0. The number of fused-ring (bicyclic) bond motifs is 1. The second-order valence-corrected chi connectivity index (χ2v) is 6.95. The van der Waals surface area contributed by atoms with Crippen LogP contribution < -0.4 is 15.5 Å². The summed E-state index contributed by atoms with van der Waals surface area (Å²) in [6.45, 7) is 3.20. The first-order valence-electron chi connectivity index (χ1n) is 9.09. The highest BCUT2D eigenvalue weighted by Gasteiger charge is 2.29. The van der Waals surface area contributed by atoms with E-state index in [0.717, 1.165) is 18.5 Å². The van der Waals surface area contributed by atoms with Crippen molar-refractivity contribution in [1.82, 2.24) is 10.6 Å².